The van der Waals surface area contributed by atoms with Crippen LogP contribution in [-0.2, 0) is 6.42 Å². The van der Waals surface area contributed by atoms with Crippen LogP contribution >= 0.6 is 11.6 Å². The molecule has 1 aliphatic heterocycles. The van der Waals surface area contributed by atoms with Gasteiger partial charge in [-0.3, -0.25) is 0 Å². The summed E-state index contributed by atoms with van der Waals surface area (Å²) < 4.78 is 12.7. The van der Waals surface area contributed by atoms with Gasteiger partial charge in [0, 0.05) is 22.7 Å². The van der Waals surface area contributed by atoms with E-state index in [2.05, 4.69) is 5.32 Å². The van der Waals surface area contributed by atoms with Gasteiger partial charge in [0.15, 0.2) is 0 Å². The summed E-state index contributed by atoms with van der Waals surface area (Å²) in [6, 6.07) is 13.5. The van der Waals surface area contributed by atoms with E-state index in [1.807, 2.05) is 47.1 Å². The second kappa shape index (κ2) is 6.33. The summed E-state index contributed by atoms with van der Waals surface area (Å²) in [7, 11) is 3.31. The maximum Gasteiger partial charge on any atom is 0.144 e. The predicted octanol–water partition coefficient (Wildman–Crippen LogP) is 4.18. The van der Waals surface area contributed by atoms with Gasteiger partial charge in [-0.05, 0) is 36.8 Å². The Morgan fingerprint density at radius 2 is 2.00 bits per heavy atom. The summed E-state index contributed by atoms with van der Waals surface area (Å²) in [4.78, 5) is 0. The van der Waals surface area contributed by atoms with Crippen LogP contribution in [0.3, 0.4) is 0 Å². The topological polar surface area (TPSA) is 48.3 Å². The van der Waals surface area contributed by atoms with Gasteiger partial charge in [-0.25, -0.2) is 4.68 Å². The standard InChI is InChI=1S/C19H18ClN3O2/c1-24-14-5-3-4-12(10-14)18-15-8-9-21-19(15)23(22-18)16-11-13(20)6-7-17(16)25-2/h3-7,10-11,21H,8-9H2,1-2H3. The van der Waals surface area contributed by atoms with Crippen molar-refractivity contribution in [3.63, 3.8) is 0 Å². The highest BCUT2D eigenvalue weighted by Crippen LogP contribution is 2.38. The molecule has 0 fully saturated rings. The molecule has 0 radical (unpaired) electrons. The summed E-state index contributed by atoms with van der Waals surface area (Å²) in [5, 5.41) is 8.92. The van der Waals surface area contributed by atoms with Crippen LogP contribution in [0.2, 0.25) is 5.02 Å². The molecule has 6 heteroatoms. The number of anilines is 1. The lowest BCUT2D eigenvalue weighted by molar-refractivity contribution is 0.412. The molecule has 0 atom stereocenters. The fraction of sp³-hybridized carbons (Fsp3) is 0.211. The molecule has 5 nitrogen and oxygen atoms in total. The Morgan fingerprint density at radius 1 is 1.12 bits per heavy atom. The zero-order chi connectivity index (χ0) is 17.4. The fourth-order valence-corrected chi connectivity index (χ4v) is 3.35. The zero-order valence-corrected chi connectivity index (χ0v) is 14.8. The summed E-state index contributed by atoms with van der Waals surface area (Å²) in [5.74, 6) is 2.52. The maximum atomic E-state index is 6.20. The number of nitrogens with one attached hydrogen (secondary N) is 1. The van der Waals surface area contributed by atoms with E-state index < -0.39 is 0 Å². The summed E-state index contributed by atoms with van der Waals surface area (Å²) in [6.07, 6.45) is 0.921. The highest BCUT2D eigenvalue weighted by atomic mass is 35.5. The SMILES string of the molecule is COc1cccc(-c2nn(-c3cc(Cl)ccc3OC)c3c2CCN3)c1. The van der Waals surface area contributed by atoms with Crippen molar-refractivity contribution < 1.29 is 9.47 Å². The van der Waals surface area contributed by atoms with E-state index in [9.17, 15) is 0 Å². The van der Waals surface area contributed by atoms with E-state index in [1.165, 1.54) is 5.56 Å². The van der Waals surface area contributed by atoms with Gasteiger partial charge in [0.1, 0.15) is 23.0 Å². The number of methoxy groups -OCH3 is 2. The van der Waals surface area contributed by atoms with E-state index in [0.29, 0.717) is 5.02 Å². The number of halogens is 1. The van der Waals surface area contributed by atoms with Crippen molar-refractivity contribution in [3.05, 3.63) is 53.1 Å². The van der Waals surface area contributed by atoms with Gasteiger partial charge >= 0.3 is 0 Å². The first kappa shape index (κ1) is 15.8. The number of hydrogen-bond acceptors (Lipinski definition) is 4. The minimum Gasteiger partial charge on any atom is -0.497 e. The molecule has 2 heterocycles. The molecule has 0 saturated heterocycles. The first-order valence-electron chi connectivity index (χ1n) is 8.05. The smallest absolute Gasteiger partial charge is 0.144 e. The van der Waals surface area contributed by atoms with Gasteiger partial charge in [0.25, 0.3) is 0 Å². The number of rotatable bonds is 4. The minimum atomic E-state index is 0.640. The fourth-order valence-electron chi connectivity index (χ4n) is 3.18. The van der Waals surface area contributed by atoms with Gasteiger partial charge in [-0.15, -0.1) is 0 Å². The largest absolute Gasteiger partial charge is 0.497 e. The van der Waals surface area contributed by atoms with Crippen LogP contribution in [0, 0.1) is 0 Å². The van der Waals surface area contributed by atoms with Gasteiger partial charge in [0.2, 0.25) is 0 Å². The van der Waals surface area contributed by atoms with E-state index in [-0.39, 0.29) is 0 Å². The molecule has 0 aliphatic carbocycles. The third-order valence-corrected chi connectivity index (χ3v) is 4.60. The third-order valence-electron chi connectivity index (χ3n) is 4.36. The normalized spacial score (nSPS) is 12.6. The Morgan fingerprint density at radius 3 is 2.80 bits per heavy atom. The number of ether oxygens (including phenoxy) is 2. The van der Waals surface area contributed by atoms with Gasteiger partial charge < -0.3 is 14.8 Å². The Hall–Kier alpha value is -2.66. The van der Waals surface area contributed by atoms with Crippen LogP contribution in [0.1, 0.15) is 5.56 Å². The monoisotopic (exact) mass is 355 g/mol. The van der Waals surface area contributed by atoms with Crippen LogP contribution in [-0.4, -0.2) is 30.5 Å². The predicted molar refractivity (Wildman–Crippen MR) is 99.3 cm³/mol. The van der Waals surface area contributed by atoms with Crippen molar-refractivity contribution in [1.82, 2.24) is 9.78 Å². The van der Waals surface area contributed by atoms with Crippen LogP contribution in [0.4, 0.5) is 5.82 Å². The van der Waals surface area contributed by atoms with E-state index in [0.717, 1.165) is 47.2 Å². The Balaban J connectivity index is 1.91. The lowest BCUT2D eigenvalue weighted by Crippen LogP contribution is -2.06. The molecule has 0 spiro atoms. The second-order valence-electron chi connectivity index (χ2n) is 5.81. The summed E-state index contributed by atoms with van der Waals surface area (Å²) >= 11 is 6.20. The van der Waals surface area contributed by atoms with Gasteiger partial charge in [0.05, 0.1) is 19.9 Å². The van der Waals surface area contributed by atoms with Gasteiger partial charge in [-0.2, -0.15) is 5.10 Å². The molecule has 25 heavy (non-hydrogen) atoms. The van der Waals surface area contributed by atoms with Gasteiger partial charge in [-0.1, -0.05) is 23.7 Å². The molecule has 1 aromatic heterocycles. The molecule has 1 N–H and O–H groups in total. The lowest BCUT2D eigenvalue weighted by atomic mass is 10.1. The Labute approximate surface area is 151 Å². The number of hydrogen-bond donors (Lipinski definition) is 1. The highest BCUT2D eigenvalue weighted by molar-refractivity contribution is 6.30. The molecule has 128 valence electrons. The van der Waals surface area contributed by atoms with Crippen LogP contribution < -0.4 is 14.8 Å². The van der Waals surface area contributed by atoms with E-state index >= 15 is 0 Å². The minimum absolute atomic E-state index is 0.640. The second-order valence-corrected chi connectivity index (χ2v) is 6.25. The first-order chi connectivity index (χ1) is 12.2. The first-order valence-corrected chi connectivity index (χ1v) is 8.43. The summed E-state index contributed by atoms with van der Waals surface area (Å²) in [5.41, 5.74) is 3.98. The molecule has 2 aromatic carbocycles. The molecule has 0 unspecified atom stereocenters. The summed E-state index contributed by atoms with van der Waals surface area (Å²) in [6.45, 7) is 0.882. The van der Waals surface area contributed by atoms with E-state index in [4.69, 9.17) is 26.2 Å². The van der Waals surface area contributed by atoms with Crippen LogP contribution in [0.25, 0.3) is 16.9 Å². The average Bonchev–Trinajstić information content (AvgIpc) is 3.24. The van der Waals surface area contributed by atoms with Crippen LogP contribution in [0.5, 0.6) is 11.5 Å². The maximum absolute atomic E-state index is 6.20. The highest BCUT2D eigenvalue weighted by Gasteiger charge is 2.25. The van der Waals surface area contributed by atoms with Crippen molar-refractivity contribution >= 4 is 17.4 Å². The molecule has 4 rings (SSSR count). The number of benzene rings is 2. The lowest BCUT2D eigenvalue weighted by Gasteiger charge is -2.11. The zero-order valence-electron chi connectivity index (χ0n) is 14.0. The van der Waals surface area contributed by atoms with Crippen molar-refractivity contribution in [3.8, 4) is 28.4 Å². The number of fused-ring (bicyclic) bond motifs is 1. The number of aromatic nitrogens is 2. The van der Waals surface area contributed by atoms with Crippen molar-refractivity contribution in [2.24, 2.45) is 0 Å². The number of nitrogens with zero attached hydrogens (tertiary/aromatic N) is 2. The average molecular weight is 356 g/mol. The Kier molecular flexibility index (Phi) is 4.01. The molecular formula is C19H18ClN3O2. The van der Waals surface area contributed by atoms with Crippen molar-refractivity contribution in [2.75, 3.05) is 26.1 Å². The molecule has 0 amide bonds. The van der Waals surface area contributed by atoms with Crippen LogP contribution in [0.15, 0.2) is 42.5 Å². The molecule has 0 bridgehead atoms. The molecule has 0 saturated carbocycles. The van der Waals surface area contributed by atoms with Crippen molar-refractivity contribution in [1.29, 1.82) is 0 Å². The van der Waals surface area contributed by atoms with E-state index in [1.54, 1.807) is 14.2 Å². The molecule has 1 aliphatic rings. The van der Waals surface area contributed by atoms with Crippen molar-refractivity contribution in [2.45, 2.75) is 6.42 Å². The Bertz CT molecular complexity index is 936. The molecular weight excluding hydrogens is 338 g/mol. The third kappa shape index (κ3) is 2.70. The quantitative estimate of drug-likeness (QED) is 0.762. The molecule has 3 aromatic rings.